The third-order valence-electron chi connectivity index (χ3n) is 2.20. The fraction of sp³-hybridized carbons (Fsp3) is 0.545. The molecule has 0 aromatic carbocycles. The minimum atomic E-state index is -2.95. The predicted octanol–water partition coefficient (Wildman–Crippen LogP) is 1.61. The van der Waals surface area contributed by atoms with E-state index in [-0.39, 0.29) is 11.5 Å². The smallest absolute Gasteiger partial charge is 0.147 e. The van der Waals surface area contributed by atoms with Crippen molar-refractivity contribution in [3.63, 3.8) is 0 Å². The zero-order valence-corrected chi connectivity index (χ0v) is 10.1. The molecule has 0 unspecified atom stereocenters. The van der Waals surface area contributed by atoms with Gasteiger partial charge in [-0.05, 0) is 18.6 Å². The van der Waals surface area contributed by atoms with E-state index in [0.717, 1.165) is 5.76 Å². The van der Waals surface area contributed by atoms with Gasteiger partial charge < -0.3 is 4.42 Å². The maximum atomic E-state index is 11.4. The van der Waals surface area contributed by atoms with Crippen molar-refractivity contribution in [2.45, 2.75) is 25.7 Å². The monoisotopic (exact) mass is 244 g/mol. The first kappa shape index (κ1) is 13.0. The van der Waals surface area contributed by atoms with Gasteiger partial charge in [0.2, 0.25) is 0 Å². The van der Waals surface area contributed by atoms with E-state index >= 15 is 0 Å². The standard InChI is InChI=1S/C11H16O4S/c1-16(13,14)9-3-4-10(12)6-7-11-5-2-8-15-11/h2,5,8H,3-4,6-7,9H2,1H3. The van der Waals surface area contributed by atoms with Crippen molar-refractivity contribution in [1.29, 1.82) is 0 Å². The Morgan fingerprint density at radius 3 is 2.69 bits per heavy atom. The van der Waals surface area contributed by atoms with Gasteiger partial charge in [-0.15, -0.1) is 0 Å². The van der Waals surface area contributed by atoms with Gasteiger partial charge in [-0.1, -0.05) is 0 Å². The van der Waals surface area contributed by atoms with Crippen LogP contribution < -0.4 is 0 Å². The second kappa shape index (κ2) is 5.84. The summed E-state index contributed by atoms with van der Waals surface area (Å²) in [7, 11) is -2.95. The molecule has 0 bridgehead atoms. The fourth-order valence-corrected chi connectivity index (χ4v) is 2.04. The Kier molecular flexibility index (Phi) is 4.73. The maximum Gasteiger partial charge on any atom is 0.147 e. The molecule has 0 spiro atoms. The summed E-state index contributed by atoms with van der Waals surface area (Å²) in [5, 5.41) is 0. The van der Waals surface area contributed by atoms with Crippen molar-refractivity contribution >= 4 is 15.6 Å². The molecule has 0 saturated carbocycles. The van der Waals surface area contributed by atoms with Crippen LogP contribution in [0.2, 0.25) is 0 Å². The van der Waals surface area contributed by atoms with Gasteiger partial charge in [0.1, 0.15) is 21.4 Å². The van der Waals surface area contributed by atoms with Crippen LogP contribution in [0.4, 0.5) is 0 Å². The van der Waals surface area contributed by atoms with Gasteiger partial charge >= 0.3 is 0 Å². The molecule has 90 valence electrons. The van der Waals surface area contributed by atoms with E-state index in [0.29, 0.717) is 25.7 Å². The lowest BCUT2D eigenvalue weighted by Crippen LogP contribution is -2.06. The van der Waals surface area contributed by atoms with Gasteiger partial charge in [0.05, 0.1) is 12.0 Å². The Hall–Kier alpha value is -1.10. The van der Waals surface area contributed by atoms with Crippen LogP contribution in [-0.4, -0.2) is 26.2 Å². The molecule has 1 aromatic heterocycles. The first-order valence-electron chi connectivity index (χ1n) is 5.19. The summed E-state index contributed by atoms with van der Waals surface area (Å²) in [4.78, 5) is 11.4. The molecule has 0 fully saturated rings. The maximum absolute atomic E-state index is 11.4. The Bertz CT molecular complexity index is 417. The average molecular weight is 244 g/mol. The molecular formula is C11H16O4S. The van der Waals surface area contributed by atoms with E-state index in [1.54, 1.807) is 12.3 Å². The van der Waals surface area contributed by atoms with Crippen molar-refractivity contribution < 1.29 is 17.6 Å². The number of hydrogen-bond donors (Lipinski definition) is 0. The quantitative estimate of drug-likeness (QED) is 0.731. The number of Topliss-reactive ketones (excluding diaryl/α,β-unsaturated/α-hetero) is 1. The first-order chi connectivity index (χ1) is 7.47. The fourth-order valence-electron chi connectivity index (χ4n) is 1.37. The Balaban J connectivity index is 2.17. The minimum Gasteiger partial charge on any atom is -0.469 e. The zero-order chi connectivity index (χ0) is 12.0. The Labute approximate surface area is 95.6 Å². The molecule has 5 heteroatoms. The number of rotatable bonds is 7. The number of carbonyl (C=O) groups excluding carboxylic acids is 1. The van der Waals surface area contributed by atoms with Gasteiger partial charge in [0, 0.05) is 25.5 Å². The highest BCUT2D eigenvalue weighted by atomic mass is 32.2. The van der Waals surface area contributed by atoms with E-state index < -0.39 is 9.84 Å². The molecule has 0 aliphatic carbocycles. The molecule has 1 rings (SSSR count). The lowest BCUT2D eigenvalue weighted by atomic mass is 10.1. The molecule has 4 nitrogen and oxygen atoms in total. The molecule has 0 radical (unpaired) electrons. The minimum absolute atomic E-state index is 0.0828. The van der Waals surface area contributed by atoms with E-state index in [9.17, 15) is 13.2 Å². The molecule has 0 N–H and O–H groups in total. The van der Waals surface area contributed by atoms with Crippen molar-refractivity contribution in [2.24, 2.45) is 0 Å². The van der Waals surface area contributed by atoms with E-state index in [1.165, 1.54) is 6.26 Å². The van der Waals surface area contributed by atoms with Gasteiger partial charge in [-0.2, -0.15) is 0 Å². The summed E-state index contributed by atoms with van der Waals surface area (Å²) in [6.45, 7) is 0. The lowest BCUT2D eigenvalue weighted by Gasteiger charge is -1.99. The number of hydrogen-bond acceptors (Lipinski definition) is 4. The highest BCUT2D eigenvalue weighted by Crippen LogP contribution is 2.06. The number of aryl methyl sites for hydroxylation is 1. The van der Waals surface area contributed by atoms with Gasteiger partial charge in [-0.3, -0.25) is 4.79 Å². The van der Waals surface area contributed by atoms with Crippen molar-refractivity contribution in [3.05, 3.63) is 24.2 Å². The number of ketones is 1. The molecule has 1 heterocycles. The van der Waals surface area contributed by atoms with Crippen molar-refractivity contribution in [2.75, 3.05) is 12.0 Å². The molecule has 16 heavy (non-hydrogen) atoms. The third kappa shape index (κ3) is 5.70. The van der Waals surface area contributed by atoms with Crippen LogP contribution in [0.25, 0.3) is 0 Å². The van der Waals surface area contributed by atoms with Gasteiger partial charge in [-0.25, -0.2) is 8.42 Å². The average Bonchev–Trinajstić information content (AvgIpc) is 2.65. The van der Waals surface area contributed by atoms with Crippen LogP contribution in [0.3, 0.4) is 0 Å². The molecule has 1 aromatic rings. The highest BCUT2D eigenvalue weighted by Gasteiger charge is 2.07. The van der Waals surface area contributed by atoms with Crippen LogP contribution in [0.15, 0.2) is 22.8 Å². The van der Waals surface area contributed by atoms with E-state index in [1.807, 2.05) is 6.07 Å². The normalized spacial score (nSPS) is 11.6. The van der Waals surface area contributed by atoms with Crippen LogP contribution in [0, 0.1) is 0 Å². The van der Waals surface area contributed by atoms with Crippen LogP contribution in [-0.2, 0) is 21.1 Å². The second-order valence-electron chi connectivity index (χ2n) is 3.85. The van der Waals surface area contributed by atoms with Crippen molar-refractivity contribution in [3.8, 4) is 0 Å². The van der Waals surface area contributed by atoms with Crippen LogP contribution in [0.5, 0.6) is 0 Å². The third-order valence-corrected chi connectivity index (χ3v) is 3.23. The number of furan rings is 1. The summed E-state index contributed by atoms with van der Waals surface area (Å²) in [5.41, 5.74) is 0. The summed E-state index contributed by atoms with van der Waals surface area (Å²) in [5.74, 6) is 0.955. The van der Waals surface area contributed by atoms with E-state index in [4.69, 9.17) is 4.42 Å². The first-order valence-corrected chi connectivity index (χ1v) is 7.25. The van der Waals surface area contributed by atoms with Crippen molar-refractivity contribution in [1.82, 2.24) is 0 Å². The summed E-state index contributed by atoms with van der Waals surface area (Å²) >= 11 is 0. The zero-order valence-electron chi connectivity index (χ0n) is 9.31. The molecular weight excluding hydrogens is 228 g/mol. The molecule has 0 atom stereocenters. The largest absolute Gasteiger partial charge is 0.469 e. The Morgan fingerprint density at radius 1 is 1.38 bits per heavy atom. The van der Waals surface area contributed by atoms with E-state index in [2.05, 4.69) is 0 Å². The summed E-state index contributed by atoms with van der Waals surface area (Å²) < 4.78 is 26.8. The van der Waals surface area contributed by atoms with Crippen LogP contribution >= 0.6 is 0 Å². The predicted molar refractivity (Wildman–Crippen MR) is 61.0 cm³/mol. The van der Waals surface area contributed by atoms with Gasteiger partial charge in [0.25, 0.3) is 0 Å². The van der Waals surface area contributed by atoms with Gasteiger partial charge in [0.15, 0.2) is 0 Å². The number of sulfone groups is 1. The molecule has 0 aliphatic rings. The molecule has 0 aliphatic heterocycles. The Morgan fingerprint density at radius 2 is 2.12 bits per heavy atom. The number of carbonyl (C=O) groups is 1. The molecule has 0 saturated heterocycles. The molecule has 0 amide bonds. The lowest BCUT2D eigenvalue weighted by molar-refractivity contribution is -0.119. The highest BCUT2D eigenvalue weighted by molar-refractivity contribution is 7.90. The summed E-state index contributed by atoms with van der Waals surface area (Å²) in [6.07, 6.45) is 4.50. The second-order valence-corrected chi connectivity index (χ2v) is 6.11. The summed E-state index contributed by atoms with van der Waals surface area (Å²) in [6, 6.07) is 3.60. The topological polar surface area (TPSA) is 64.3 Å². The SMILES string of the molecule is CS(=O)(=O)CCCC(=O)CCc1ccco1. The van der Waals surface area contributed by atoms with Crippen LogP contribution in [0.1, 0.15) is 25.0 Å².